The number of nitrogens with zero attached hydrogens (tertiary/aromatic N) is 3. The van der Waals surface area contributed by atoms with Crippen LogP contribution < -0.4 is 5.32 Å². The third-order valence-corrected chi connectivity index (χ3v) is 1.77. The summed E-state index contributed by atoms with van der Waals surface area (Å²) in [7, 11) is 1.86. The van der Waals surface area contributed by atoms with Gasteiger partial charge in [-0.15, -0.1) is 0 Å². The maximum atomic E-state index is 4.28. The van der Waals surface area contributed by atoms with Gasteiger partial charge in [0.05, 0.1) is 6.54 Å². The molecule has 2 rings (SSSR count). The predicted molar refractivity (Wildman–Crippen MR) is 52.4 cm³/mol. The normalized spacial score (nSPS) is 10.4. The fourth-order valence-electron chi connectivity index (χ4n) is 1.15. The topological polar surface area (TPSA) is 66.5 Å². The third-order valence-electron chi connectivity index (χ3n) is 1.77. The van der Waals surface area contributed by atoms with E-state index >= 15 is 0 Å². The number of aromatic amines is 1. The number of pyridine rings is 1. The largest absolute Gasteiger partial charge is 0.313 e. The van der Waals surface area contributed by atoms with Crippen LogP contribution in [0.15, 0.2) is 24.4 Å². The highest BCUT2D eigenvalue weighted by molar-refractivity contribution is 5.47. The van der Waals surface area contributed by atoms with Gasteiger partial charge >= 0.3 is 0 Å². The minimum absolute atomic E-state index is 0.635. The van der Waals surface area contributed by atoms with Gasteiger partial charge in [-0.05, 0) is 19.2 Å². The van der Waals surface area contributed by atoms with Gasteiger partial charge in [-0.25, -0.2) is 4.98 Å². The molecule has 2 heterocycles. The van der Waals surface area contributed by atoms with Gasteiger partial charge in [0.25, 0.3) is 0 Å². The first kappa shape index (κ1) is 8.83. The number of nitrogens with one attached hydrogen (secondary N) is 2. The van der Waals surface area contributed by atoms with Crippen molar-refractivity contribution in [1.82, 2.24) is 25.5 Å². The molecule has 0 atom stereocenters. The SMILES string of the molecule is CNCc1nc(-c2ccccn2)n[nH]1. The van der Waals surface area contributed by atoms with Crippen molar-refractivity contribution in [3.63, 3.8) is 0 Å². The Hall–Kier alpha value is -1.75. The average molecular weight is 189 g/mol. The molecular formula is C9H11N5. The average Bonchev–Trinajstić information content (AvgIpc) is 2.68. The first-order chi connectivity index (χ1) is 6.90. The Morgan fingerprint density at radius 1 is 1.43 bits per heavy atom. The van der Waals surface area contributed by atoms with Gasteiger partial charge in [-0.2, -0.15) is 5.10 Å². The zero-order valence-electron chi connectivity index (χ0n) is 7.86. The smallest absolute Gasteiger partial charge is 0.199 e. The minimum atomic E-state index is 0.635. The molecule has 72 valence electrons. The molecule has 0 saturated heterocycles. The zero-order chi connectivity index (χ0) is 9.80. The van der Waals surface area contributed by atoms with Crippen LogP contribution in [0, 0.1) is 0 Å². The summed E-state index contributed by atoms with van der Waals surface area (Å²) in [5.74, 6) is 1.45. The fourth-order valence-corrected chi connectivity index (χ4v) is 1.15. The molecule has 0 radical (unpaired) electrons. The van der Waals surface area contributed by atoms with Gasteiger partial charge in [0.1, 0.15) is 11.5 Å². The molecule has 0 amide bonds. The van der Waals surface area contributed by atoms with Crippen LogP contribution in [0.25, 0.3) is 11.5 Å². The first-order valence-electron chi connectivity index (χ1n) is 4.37. The maximum absolute atomic E-state index is 4.28. The molecule has 0 unspecified atom stereocenters. The molecule has 14 heavy (non-hydrogen) atoms. The molecular weight excluding hydrogens is 178 g/mol. The summed E-state index contributed by atoms with van der Waals surface area (Å²) in [5.41, 5.74) is 0.783. The van der Waals surface area contributed by atoms with Crippen LogP contribution in [0.2, 0.25) is 0 Å². The molecule has 0 aromatic carbocycles. The van der Waals surface area contributed by atoms with Gasteiger partial charge in [-0.3, -0.25) is 10.1 Å². The Labute approximate surface area is 81.6 Å². The number of aromatic nitrogens is 4. The van der Waals surface area contributed by atoms with Crippen LogP contribution in [-0.2, 0) is 6.54 Å². The van der Waals surface area contributed by atoms with Crippen molar-refractivity contribution in [2.24, 2.45) is 0 Å². The van der Waals surface area contributed by atoms with Crippen molar-refractivity contribution in [3.8, 4) is 11.5 Å². The lowest BCUT2D eigenvalue weighted by Gasteiger charge is -1.91. The number of H-pyrrole nitrogens is 1. The van der Waals surface area contributed by atoms with Crippen molar-refractivity contribution < 1.29 is 0 Å². The summed E-state index contributed by atoms with van der Waals surface area (Å²) < 4.78 is 0. The highest BCUT2D eigenvalue weighted by Crippen LogP contribution is 2.09. The molecule has 0 saturated carbocycles. The van der Waals surface area contributed by atoms with Gasteiger partial charge in [0.15, 0.2) is 5.82 Å². The third kappa shape index (κ3) is 1.77. The molecule has 0 spiro atoms. The standard InChI is InChI=1S/C9H11N5/c1-10-6-8-12-9(14-13-8)7-4-2-3-5-11-7/h2-5,10H,6H2,1H3,(H,12,13,14). The van der Waals surface area contributed by atoms with E-state index < -0.39 is 0 Å². The molecule has 0 bridgehead atoms. The van der Waals surface area contributed by atoms with E-state index in [1.807, 2.05) is 25.2 Å². The molecule has 0 aliphatic carbocycles. The van der Waals surface area contributed by atoms with E-state index in [2.05, 4.69) is 25.5 Å². The van der Waals surface area contributed by atoms with Crippen LogP contribution in [0.4, 0.5) is 0 Å². The Bertz CT molecular complexity index is 395. The molecule has 2 aromatic rings. The van der Waals surface area contributed by atoms with Crippen LogP contribution in [0.1, 0.15) is 5.82 Å². The van der Waals surface area contributed by atoms with Gasteiger partial charge < -0.3 is 5.32 Å². The minimum Gasteiger partial charge on any atom is -0.313 e. The summed E-state index contributed by atoms with van der Waals surface area (Å²) in [6.07, 6.45) is 1.73. The lowest BCUT2D eigenvalue weighted by molar-refractivity contribution is 0.763. The maximum Gasteiger partial charge on any atom is 0.199 e. The number of hydrogen-bond donors (Lipinski definition) is 2. The summed E-state index contributed by atoms with van der Waals surface area (Å²) in [5, 5.41) is 9.90. The molecule has 0 fully saturated rings. The molecule has 2 N–H and O–H groups in total. The first-order valence-corrected chi connectivity index (χ1v) is 4.37. The second-order valence-corrected chi connectivity index (χ2v) is 2.85. The lowest BCUT2D eigenvalue weighted by atomic mass is 10.3. The predicted octanol–water partition coefficient (Wildman–Crippen LogP) is 0.586. The monoisotopic (exact) mass is 189 g/mol. The lowest BCUT2D eigenvalue weighted by Crippen LogP contribution is -2.06. The second kappa shape index (κ2) is 3.97. The Kier molecular flexibility index (Phi) is 2.51. The van der Waals surface area contributed by atoms with Crippen LogP contribution in [0.5, 0.6) is 0 Å². The highest BCUT2D eigenvalue weighted by atomic mass is 15.2. The fraction of sp³-hybridized carbons (Fsp3) is 0.222. The Morgan fingerprint density at radius 2 is 2.36 bits per heavy atom. The summed E-state index contributed by atoms with van der Waals surface area (Å²) in [4.78, 5) is 8.44. The van der Waals surface area contributed by atoms with E-state index in [1.54, 1.807) is 6.20 Å². The molecule has 0 aliphatic heterocycles. The van der Waals surface area contributed by atoms with Gasteiger partial charge in [0, 0.05) is 6.20 Å². The Morgan fingerprint density at radius 3 is 3.07 bits per heavy atom. The van der Waals surface area contributed by atoms with E-state index in [0.717, 1.165) is 11.5 Å². The Balaban J connectivity index is 2.25. The summed E-state index contributed by atoms with van der Waals surface area (Å²) >= 11 is 0. The van der Waals surface area contributed by atoms with E-state index in [9.17, 15) is 0 Å². The van der Waals surface area contributed by atoms with E-state index in [0.29, 0.717) is 12.4 Å². The molecule has 2 aromatic heterocycles. The second-order valence-electron chi connectivity index (χ2n) is 2.85. The highest BCUT2D eigenvalue weighted by Gasteiger charge is 2.04. The van der Waals surface area contributed by atoms with Crippen molar-refractivity contribution >= 4 is 0 Å². The molecule has 5 heteroatoms. The molecule has 0 aliphatic rings. The zero-order valence-corrected chi connectivity index (χ0v) is 7.86. The quantitative estimate of drug-likeness (QED) is 0.741. The summed E-state index contributed by atoms with van der Waals surface area (Å²) in [6, 6.07) is 5.66. The van der Waals surface area contributed by atoms with Crippen molar-refractivity contribution in [2.75, 3.05) is 7.05 Å². The van der Waals surface area contributed by atoms with Gasteiger partial charge in [0.2, 0.25) is 0 Å². The number of hydrogen-bond acceptors (Lipinski definition) is 4. The van der Waals surface area contributed by atoms with Crippen molar-refractivity contribution in [2.45, 2.75) is 6.54 Å². The van der Waals surface area contributed by atoms with E-state index in [4.69, 9.17) is 0 Å². The summed E-state index contributed by atoms with van der Waals surface area (Å²) in [6.45, 7) is 0.680. The van der Waals surface area contributed by atoms with Crippen molar-refractivity contribution in [1.29, 1.82) is 0 Å². The van der Waals surface area contributed by atoms with E-state index in [-0.39, 0.29) is 0 Å². The van der Waals surface area contributed by atoms with Gasteiger partial charge in [-0.1, -0.05) is 6.07 Å². The van der Waals surface area contributed by atoms with Crippen LogP contribution in [0.3, 0.4) is 0 Å². The van der Waals surface area contributed by atoms with E-state index in [1.165, 1.54) is 0 Å². The number of rotatable bonds is 3. The van der Waals surface area contributed by atoms with Crippen LogP contribution >= 0.6 is 0 Å². The van der Waals surface area contributed by atoms with Crippen LogP contribution in [-0.4, -0.2) is 27.2 Å². The van der Waals surface area contributed by atoms with Crippen molar-refractivity contribution in [3.05, 3.63) is 30.2 Å². The molecule has 5 nitrogen and oxygen atoms in total.